The van der Waals surface area contributed by atoms with E-state index in [4.69, 9.17) is 4.74 Å². The van der Waals surface area contributed by atoms with E-state index in [0.29, 0.717) is 24.5 Å². The zero-order valence-electron chi connectivity index (χ0n) is 12.5. The predicted octanol–water partition coefficient (Wildman–Crippen LogP) is 3.28. The highest BCUT2D eigenvalue weighted by Gasteiger charge is 2.13. The summed E-state index contributed by atoms with van der Waals surface area (Å²) in [5, 5.41) is 3.14. The van der Waals surface area contributed by atoms with Gasteiger partial charge in [0.05, 0.1) is 18.8 Å². The molecular formula is C16H15BrN4O2. The molecule has 3 aromatic rings. The van der Waals surface area contributed by atoms with Crippen molar-refractivity contribution in [3.05, 3.63) is 58.6 Å². The lowest BCUT2D eigenvalue weighted by Gasteiger charge is -2.08. The lowest BCUT2D eigenvalue weighted by Crippen LogP contribution is -2.11. The van der Waals surface area contributed by atoms with Crippen molar-refractivity contribution in [3.63, 3.8) is 0 Å². The molecule has 3 rings (SSSR count). The molecular weight excluding hydrogens is 360 g/mol. The van der Waals surface area contributed by atoms with Gasteiger partial charge in [0.25, 0.3) is 0 Å². The van der Waals surface area contributed by atoms with Crippen molar-refractivity contribution in [3.8, 4) is 0 Å². The fraction of sp³-hybridized carbons (Fsp3) is 0.188. The van der Waals surface area contributed by atoms with Gasteiger partial charge in [0.15, 0.2) is 0 Å². The van der Waals surface area contributed by atoms with E-state index in [-0.39, 0.29) is 5.97 Å². The van der Waals surface area contributed by atoms with Crippen LogP contribution in [0, 0.1) is 0 Å². The normalized spacial score (nSPS) is 10.7. The Morgan fingerprint density at radius 2 is 2.22 bits per heavy atom. The first kappa shape index (κ1) is 15.5. The Labute approximate surface area is 141 Å². The Morgan fingerprint density at radius 3 is 3.04 bits per heavy atom. The Morgan fingerprint density at radius 1 is 1.35 bits per heavy atom. The number of rotatable bonds is 5. The maximum atomic E-state index is 11.9. The van der Waals surface area contributed by atoms with Gasteiger partial charge in [-0.05, 0) is 47.1 Å². The Bertz CT molecular complexity index is 847. The number of esters is 1. The van der Waals surface area contributed by atoms with Crippen LogP contribution in [0.5, 0.6) is 0 Å². The first-order chi connectivity index (χ1) is 11.2. The summed E-state index contributed by atoms with van der Waals surface area (Å²) >= 11 is 3.43. The molecule has 0 saturated carbocycles. The van der Waals surface area contributed by atoms with Gasteiger partial charge >= 0.3 is 5.97 Å². The van der Waals surface area contributed by atoms with Crippen LogP contribution < -0.4 is 5.32 Å². The molecule has 0 spiro atoms. The third kappa shape index (κ3) is 3.50. The highest BCUT2D eigenvalue weighted by molar-refractivity contribution is 9.10. The lowest BCUT2D eigenvalue weighted by atomic mass is 10.2. The monoisotopic (exact) mass is 374 g/mol. The number of hydrogen-bond acceptors (Lipinski definition) is 5. The number of carbonyl (C=O) groups excluding carboxylic acids is 1. The Balaban J connectivity index is 1.78. The van der Waals surface area contributed by atoms with Crippen LogP contribution >= 0.6 is 15.9 Å². The molecule has 6 nitrogen and oxygen atoms in total. The molecule has 0 aromatic carbocycles. The fourth-order valence-corrected chi connectivity index (χ4v) is 2.55. The van der Waals surface area contributed by atoms with Crippen LogP contribution in [0.1, 0.15) is 23.0 Å². The van der Waals surface area contributed by atoms with E-state index in [1.807, 2.05) is 28.9 Å². The van der Waals surface area contributed by atoms with E-state index in [1.165, 1.54) is 0 Å². The van der Waals surface area contributed by atoms with Gasteiger partial charge in [-0.1, -0.05) is 0 Å². The average molecular weight is 375 g/mol. The van der Waals surface area contributed by atoms with Crippen molar-refractivity contribution in [2.24, 2.45) is 0 Å². The van der Waals surface area contributed by atoms with Crippen LogP contribution in [0.2, 0.25) is 0 Å². The second-order valence-corrected chi connectivity index (χ2v) is 5.73. The molecule has 0 fully saturated rings. The summed E-state index contributed by atoms with van der Waals surface area (Å²) in [6.45, 7) is 2.56. The van der Waals surface area contributed by atoms with Crippen LogP contribution in [-0.4, -0.2) is 26.9 Å². The summed E-state index contributed by atoms with van der Waals surface area (Å²) in [6, 6.07) is 7.27. The van der Waals surface area contributed by atoms with Gasteiger partial charge in [0.2, 0.25) is 0 Å². The summed E-state index contributed by atoms with van der Waals surface area (Å²) in [5.41, 5.74) is 2.13. The average Bonchev–Trinajstić information content (AvgIpc) is 2.95. The number of pyridine rings is 2. The zero-order chi connectivity index (χ0) is 16.2. The number of hydrogen-bond donors (Lipinski definition) is 1. The van der Waals surface area contributed by atoms with Gasteiger partial charge in [0, 0.05) is 23.1 Å². The van der Waals surface area contributed by atoms with Crippen molar-refractivity contribution >= 4 is 33.4 Å². The number of imidazole rings is 1. The molecule has 0 aliphatic heterocycles. The Kier molecular flexibility index (Phi) is 4.57. The number of nitrogens with one attached hydrogen (secondary N) is 1. The van der Waals surface area contributed by atoms with E-state index < -0.39 is 0 Å². The molecule has 118 valence electrons. The summed E-state index contributed by atoms with van der Waals surface area (Å²) in [5.74, 6) is 0.103. The van der Waals surface area contributed by atoms with Crippen LogP contribution in [0.3, 0.4) is 0 Å². The van der Waals surface area contributed by atoms with E-state index in [0.717, 1.165) is 15.8 Å². The molecule has 0 amide bonds. The molecule has 1 N–H and O–H groups in total. The fourth-order valence-electron chi connectivity index (χ4n) is 2.20. The smallest absolute Gasteiger partial charge is 0.341 e. The van der Waals surface area contributed by atoms with Crippen molar-refractivity contribution < 1.29 is 9.53 Å². The van der Waals surface area contributed by atoms with Gasteiger partial charge in [-0.15, -0.1) is 0 Å². The van der Waals surface area contributed by atoms with Crippen LogP contribution in [0.15, 0.2) is 47.3 Å². The van der Waals surface area contributed by atoms with Gasteiger partial charge in [-0.3, -0.25) is 0 Å². The SMILES string of the molecule is CCOC(=O)c1cccnc1NCc1cn2cc(Br)ccc2n1. The zero-order valence-corrected chi connectivity index (χ0v) is 14.1. The molecule has 0 aliphatic carbocycles. The number of carbonyl (C=O) groups is 1. The minimum absolute atomic E-state index is 0.328. The first-order valence-electron chi connectivity index (χ1n) is 7.16. The molecule has 23 heavy (non-hydrogen) atoms. The summed E-state index contributed by atoms with van der Waals surface area (Å²) in [6.07, 6.45) is 5.50. The van der Waals surface area contributed by atoms with Crippen LogP contribution in [0.25, 0.3) is 5.65 Å². The minimum atomic E-state index is -0.387. The second kappa shape index (κ2) is 6.78. The molecule has 0 atom stereocenters. The predicted molar refractivity (Wildman–Crippen MR) is 90.4 cm³/mol. The number of ether oxygens (including phenoxy) is 1. The molecule has 3 heterocycles. The molecule has 0 unspecified atom stereocenters. The molecule has 3 aromatic heterocycles. The Hall–Kier alpha value is -2.41. The lowest BCUT2D eigenvalue weighted by molar-refractivity contribution is 0.0527. The van der Waals surface area contributed by atoms with Crippen LogP contribution in [-0.2, 0) is 11.3 Å². The molecule has 0 radical (unpaired) electrons. The standard InChI is InChI=1S/C16H15BrN4O2/c1-2-23-16(22)13-4-3-7-18-15(13)19-8-12-10-21-9-11(17)5-6-14(21)20-12/h3-7,9-10H,2,8H2,1H3,(H,18,19). The van der Waals surface area contributed by atoms with Crippen molar-refractivity contribution in [1.29, 1.82) is 0 Å². The molecule has 0 saturated heterocycles. The minimum Gasteiger partial charge on any atom is -0.462 e. The second-order valence-electron chi connectivity index (χ2n) is 4.82. The van der Waals surface area contributed by atoms with E-state index in [9.17, 15) is 4.79 Å². The van der Waals surface area contributed by atoms with Gasteiger partial charge in [-0.2, -0.15) is 0 Å². The van der Waals surface area contributed by atoms with Crippen LogP contribution in [0.4, 0.5) is 5.82 Å². The van der Waals surface area contributed by atoms with Gasteiger partial charge in [0.1, 0.15) is 17.0 Å². The van der Waals surface area contributed by atoms with Crippen molar-refractivity contribution in [2.75, 3.05) is 11.9 Å². The highest BCUT2D eigenvalue weighted by Crippen LogP contribution is 2.16. The van der Waals surface area contributed by atoms with Crippen molar-refractivity contribution in [2.45, 2.75) is 13.5 Å². The highest BCUT2D eigenvalue weighted by atomic mass is 79.9. The van der Waals surface area contributed by atoms with E-state index >= 15 is 0 Å². The third-order valence-corrected chi connectivity index (χ3v) is 3.67. The van der Waals surface area contributed by atoms with Gasteiger partial charge in [-0.25, -0.2) is 14.8 Å². The molecule has 0 bridgehead atoms. The number of fused-ring (bicyclic) bond motifs is 1. The number of anilines is 1. The van der Waals surface area contributed by atoms with Crippen molar-refractivity contribution in [1.82, 2.24) is 14.4 Å². The quantitative estimate of drug-likeness (QED) is 0.694. The van der Waals surface area contributed by atoms with Gasteiger partial charge < -0.3 is 14.5 Å². The molecule has 7 heteroatoms. The van der Waals surface area contributed by atoms with E-state index in [2.05, 4.69) is 31.2 Å². The summed E-state index contributed by atoms with van der Waals surface area (Å²) < 4.78 is 7.96. The topological polar surface area (TPSA) is 68.5 Å². The maximum Gasteiger partial charge on any atom is 0.341 e. The number of nitrogens with zero attached hydrogens (tertiary/aromatic N) is 3. The summed E-state index contributed by atoms with van der Waals surface area (Å²) in [4.78, 5) is 20.7. The first-order valence-corrected chi connectivity index (χ1v) is 7.96. The largest absolute Gasteiger partial charge is 0.462 e. The molecule has 0 aliphatic rings. The number of halogens is 1. The van der Waals surface area contributed by atoms with E-state index in [1.54, 1.807) is 25.3 Å². The number of aromatic nitrogens is 3. The summed E-state index contributed by atoms with van der Waals surface area (Å²) in [7, 11) is 0. The maximum absolute atomic E-state index is 11.9. The third-order valence-electron chi connectivity index (χ3n) is 3.20.